The molecule has 0 spiro atoms. The Morgan fingerprint density at radius 3 is 2.83 bits per heavy atom. The molecular weight excluding hydrogens is 272 g/mol. The molecule has 2 N–H and O–H groups in total. The van der Waals surface area contributed by atoms with E-state index in [-0.39, 0.29) is 5.82 Å². The minimum Gasteiger partial charge on any atom is -0.488 e. The van der Waals surface area contributed by atoms with Gasteiger partial charge in [0.15, 0.2) is 11.6 Å². The fourth-order valence-corrected chi connectivity index (χ4v) is 1.40. The molecule has 12 heavy (non-hydrogen) atoms. The van der Waals surface area contributed by atoms with Crippen molar-refractivity contribution in [1.29, 1.82) is 0 Å². The van der Waals surface area contributed by atoms with Crippen molar-refractivity contribution in [3.05, 3.63) is 27.6 Å². The average Bonchev–Trinajstić information content (AvgIpc) is 2.04. The number of nitrogens with two attached hydrogens (primary N) is 1. The molecule has 0 aliphatic heterocycles. The van der Waals surface area contributed by atoms with Crippen LogP contribution >= 0.6 is 22.6 Å². The predicted molar refractivity (Wildman–Crippen MR) is 53.7 cm³/mol. The normalized spacial score (nSPS) is 9.92. The van der Waals surface area contributed by atoms with Gasteiger partial charge in [0, 0.05) is 6.54 Å². The Labute approximate surface area is 84.0 Å². The molecule has 2 nitrogen and oxygen atoms in total. The number of hydrogen-bond acceptors (Lipinski definition) is 2. The van der Waals surface area contributed by atoms with Crippen LogP contribution in [0.2, 0.25) is 0 Å². The van der Waals surface area contributed by atoms with Crippen LogP contribution in [-0.2, 0) is 0 Å². The molecule has 0 saturated carbocycles. The topological polar surface area (TPSA) is 35.2 Å². The molecule has 1 aromatic carbocycles. The zero-order valence-electron chi connectivity index (χ0n) is 6.39. The molecule has 66 valence electrons. The van der Waals surface area contributed by atoms with Gasteiger partial charge in [0.05, 0.1) is 3.57 Å². The predicted octanol–water partition coefficient (Wildman–Crippen LogP) is 1.77. The van der Waals surface area contributed by atoms with Crippen molar-refractivity contribution in [1.82, 2.24) is 0 Å². The SMILES string of the molecule is NCCOc1c(F)cccc1I. The molecule has 0 heterocycles. The Balaban J connectivity index is 2.81. The summed E-state index contributed by atoms with van der Waals surface area (Å²) in [4.78, 5) is 0. The van der Waals surface area contributed by atoms with Gasteiger partial charge in [-0.05, 0) is 34.7 Å². The highest BCUT2D eigenvalue weighted by atomic mass is 127. The molecule has 0 aromatic heterocycles. The molecule has 1 aromatic rings. The minimum absolute atomic E-state index is 0.295. The fraction of sp³-hybridized carbons (Fsp3) is 0.250. The van der Waals surface area contributed by atoms with Crippen LogP contribution in [0.25, 0.3) is 0 Å². The third-order valence-electron chi connectivity index (χ3n) is 1.28. The van der Waals surface area contributed by atoms with Crippen LogP contribution < -0.4 is 10.5 Å². The van der Waals surface area contributed by atoms with E-state index in [1.807, 2.05) is 22.6 Å². The molecule has 1 rings (SSSR count). The highest BCUT2D eigenvalue weighted by molar-refractivity contribution is 14.1. The third kappa shape index (κ3) is 2.31. The van der Waals surface area contributed by atoms with Crippen molar-refractivity contribution in [2.75, 3.05) is 13.2 Å². The second-order valence-electron chi connectivity index (χ2n) is 2.19. The maximum atomic E-state index is 13.0. The lowest BCUT2D eigenvalue weighted by Crippen LogP contribution is -2.11. The van der Waals surface area contributed by atoms with Crippen LogP contribution in [0.4, 0.5) is 4.39 Å². The molecule has 0 saturated heterocycles. The van der Waals surface area contributed by atoms with Gasteiger partial charge in [0.2, 0.25) is 0 Å². The van der Waals surface area contributed by atoms with Crippen LogP contribution in [0, 0.1) is 9.39 Å². The summed E-state index contributed by atoms with van der Waals surface area (Å²) in [7, 11) is 0. The lowest BCUT2D eigenvalue weighted by Gasteiger charge is -2.06. The fourth-order valence-electron chi connectivity index (χ4n) is 0.781. The Bertz CT molecular complexity index is 247. The number of ether oxygens (including phenoxy) is 1. The van der Waals surface area contributed by atoms with E-state index in [2.05, 4.69) is 0 Å². The summed E-state index contributed by atoms with van der Waals surface area (Å²) >= 11 is 2.02. The highest BCUT2D eigenvalue weighted by Crippen LogP contribution is 2.23. The lowest BCUT2D eigenvalue weighted by atomic mass is 10.3. The average molecular weight is 281 g/mol. The van der Waals surface area contributed by atoms with Crippen LogP contribution in [-0.4, -0.2) is 13.2 Å². The van der Waals surface area contributed by atoms with Crippen molar-refractivity contribution in [3.8, 4) is 5.75 Å². The van der Waals surface area contributed by atoms with E-state index in [0.29, 0.717) is 18.9 Å². The monoisotopic (exact) mass is 281 g/mol. The number of halogens is 2. The maximum absolute atomic E-state index is 13.0. The quantitative estimate of drug-likeness (QED) is 0.857. The van der Waals surface area contributed by atoms with Gasteiger partial charge < -0.3 is 10.5 Å². The Morgan fingerprint density at radius 1 is 1.50 bits per heavy atom. The minimum atomic E-state index is -0.338. The second-order valence-corrected chi connectivity index (χ2v) is 3.35. The van der Waals surface area contributed by atoms with E-state index in [1.54, 1.807) is 12.1 Å². The zero-order chi connectivity index (χ0) is 8.97. The van der Waals surface area contributed by atoms with Gasteiger partial charge in [-0.2, -0.15) is 0 Å². The van der Waals surface area contributed by atoms with Crippen molar-refractivity contribution in [3.63, 3.8) is 0 Å². The highest BCUT2D eigenvalue weighted by Gasteiger charge is 2.05. The Morgan fingerprint density at radius 2 is 2.25 bits per heavy atom. The summed E-state index contributed by atoms with van der Waals surface area (Å²) in [6.07, 6.45) is 0. The first kappa shape index (κ1) is 9.73. The van der Waals surface area contributed by atoms with Crippen LogP contribution in [0.5, 0.6) is 5.75 Å². The van der Waals surface area contributed by atoms with Crippen molar-refractivity contribution < 1.29 is 9.13 Å². The summed E-state index contributed by atoms with van der Waals surface area (Å²) in [5.74, 6) is -0.0427. The van der Waals surface area contributed by atoms with Crippen molar-refractivity contribution in [2.45, 2.75) is 0 Å². The van der Waals surface area contributed by atoms with Gasteiger partial charge in [-0.1, -0.05) is 6.07 Å². The van der Waals surface area contributed by atoms with E-state index in [0.717, 1.165) is 3.57 Å². The van der Waals surface area contributed by atoms with Crippen LogP contribution in [0.3, 0.4) is 0 Å². The molecule has 0 radical (unpaired) electrons. The Kier molecular flexibility index (Phi) is 3.74. The largest absolute Gasteiger partial charge is 0.488 e. The summed E-state index contributed by atoms with van der Waals surface area (Å²) in [5.41, 5.74) is 5.23. The lowest BCUT2D eigenvalue weighted by molar-refractivity contribution is 0.308. The summed E-state index contributed by atoms with van der Waals surface area (Å²) < 4.78 is 18.9. The van der Waals surface area contributed by atoms with Crippen molar-refractivity contribution >= 4 is 22.6 Å². The standard InChI is InChI=1S/C8H9FINO/c9-6-2-1-3-7(10)8(6)12-5-4-11/h1-3H,4-5,11H2. The number of benzene rings is 1. The molecule has 0 aliphatic carbocycles. The van der Waals surface area contributed by atoms with Gasteiger partial charge in [-0.25, -0.2) is 4.39 Å². The smallest absolute Gasteiger partial charge is 0.168 e. The van der Waals surface area contributed by atoms with E-state index >= 15 is 0 Å². The van der Waals surface area contributed by atoms with Gasteiger partial charge in [0.25, 0.3) is 0 Å². The first-order chi connectivity index (χ1) is 5.75. The van der Waals surface area contributed by atoms with Gasteiger partial charge in [-0.3, -0.25) is 0 Å². The first-order valence-electron chi connectivity index (χ1n) is 3.52. The van der Waals surface area contributed by atoms with Gasteiger partial charge in [0.1, 0.15) is 6.61 Å². The number of para-hydroxylation sites is 1. The summed E-state index contributed by atoms with van der Waals surface area (Å²) in [6.45, 7) is 0.737. The molecule has 0 unspecified atom stereocenters. The molecule has 0 atom stereocenters. The number of rotatable bonds is 3. The third-order valence-corrected chi connectivity index (χ3v) is 2.13. The van der Waals surface area contributed by atoms with Crippen LogP contribution in [0.15, 0.2) is 18.2 Å². The molecule has 4 heteroatoms. The van der Waals surface area contributed by atoms with Crippen LogP contribution in [0.1, 0.15) is 0 Å². The van der Waals surface area contributed by atoms with E-state index in [9.17, 15) is 4.39 Å². The van der Waals surface area contributed by atoms with Gasteiger partial charge >= 0.3 is 0 Å². The Hall–Kier alpha value is -0.360. The summed E-state index contributed by atoms with van der Waals surface area (Å²) in [5, 5.41) is 0. The zero-order valence-corrected chi connectivity index (χ0v) is 8.55. The summed E-state index contributed by atoms with van der Waals surface area (Å²) in [6, 6.07) is 4.80. The molecule has 0 bridgehead atoms. The van der Waals surface area contributed by atoms with Gasteiger partial charge in [-0.15, -0.1) is 0 Å². The second kappa shape index (κ2) is 4.61. The molecular formula is C8H9FINO. The van der Waals surface area contributed by atoms with E-state index in [1.165, 1.54) is 6.07 Å². The molecule has 0 fully saturated rings. The van der Waals surface area contributed by atoms with Crippen molar-refractivity contribution in [2.24, 2.45) is 5.73 Å². The van der Waals surface area contributed by atoms with E-state index < -0.39 is 0 Å². The molecule has 0 aliphatic rings. The first-order valence-corrected chi connectivity index (χ1v) is 4.60. The maximum Gasteiger partial charge on any atom is 0.168 e. The van der Waals surface area contributed by atoms with E-state index in [4.69, 9.17) is 10.5 Å². The molecule has 0 amide bonds. The number of hydrogen-bond donors (Lipinski definition) is 1.